The number of amides is 1. The van der Waals surface area contributed by atoms with Crippen molar-refractivity contribution < 1.29 is 14.7 Å². The minimum Gasteiger partial charge on any atom is -0.507 e. The zero-order valence-corrected chi connectivity index (χ0v) is 17.0. The highest BCUT2D eigenvalue weighted by Gasteiger charge is 2.45. The minimum absolute atomic E-state index is 0.125. The van der Waals surface area contributed by atoms with E-state index in [1.54, 1.807) is 17.0 Å². The molecule has 1 amide bonds. The zero-order valence-electron chi connectivity index (χ0n) is 15.4. The molecule has 27 heavy (non-hydrogen) atoms. The van der Waals surface area contributed by atoms with Gasteiger partial charge in [0.1, 0.15) is 5.76 Å². The molecule has 5 heteroatoms. The fraction of sp³-hybridized carbons (Fsp3) is 0.273. The third kappa shape index (κ3) is 3.83. The molecule has 0 bridgehead atoms. The average molecular weight is 428 g/mol. The molecular formula is C22H22BrNO3. The van der Waals surface area contributed by atoms with Gasteiger partial charge in [0.2, 0.25) is 0 Å². The van der Waals surface area contributed by atoms with Gasteiger partial charge in [0.25, 0.3) is 11.7 Å². The molecule has 0 radical (unpaired) electrons. The first-order valence-electron chi connectivity index (χ1n) is 9.05. The van der Waals surface area contributed by atoms with E-state index in [-0.39, 0.29) is 11.3 Å². The molecule has 1 atom stereocenters. The number of aryl methyl sites for hydroxylation is 1. The van der Waals surface area contributed by atoms with Crippen molar-refractivity contribution >= 4 is 33.4 Å². The molecule has 1 aliphatic heterocycles. The number of hydrogen-bond donors (Lipinski definition) is 1. The highest BCUT2D eigenvalue weighted by atomic mass is 79.9. The van der Waals surface area contributed by atoms with Gasteiger partial charge >= 0.3 is 0 Å². The first kappa shape index (κ1) is 19.4. The van der Waals surface area contributed by atoms with Gasteiger partial charge in [-0.05, 0) is 31.0 Å². The maximum absolute atomic E-state index is 12.8. The number of aliphatic hydroxyl groups is 1. The molecule has 4 nitrogen and oxygen atoms in total. The summed E-state index contributed by atoms with van der Waals surface area (Å²) in [5, 5.41) is 10.9. The Hall–Kier alpha value is -2.40. The van der Waals surface area contributed by atoms with Crippen LogP contribution in [0, 0.1) is 6.92 Å². The van der Waals surface area contributed by atoms with E-state index in [0.717, 1.165) is 28.4 Å². The van der Waals surface area contributed by atoms with E-state index in [1.165, 1.54) is 0 Å². The molecule has 0 saturated carbocycles. The maximum atomic E-state index is 12.8. The van der Waals surface area contributed by atoms with Gasteiger partial charge in [0, 0.05) is 16.6 Å². The monoisotopic (exact) mass is 427 g/mol. The molecule has 0 aromatic heterocycles. The third-order valence-corrected chi connectivity index (χ3v) is 5.33. The lowest BCUT2D eigenvalue weighted by atomic mass is 9.95. The second-order valence-electron chi connectivity index (χ2n) is 6.76. The van der Waals surface area contributed by atoms with E-state index in [1.807, 2.05) is 50.2 Å². The van der Waals surface area contributed by atoms with Crippen molar-refractivity contribution in [1.82, 2.24) is 4.90 Å². The number of nitrogens with zero attached hydrogens (tertiary/aromatic N) is 1. The predicted molar refractivity (Wildman–Crippen MR) is 109 cm³/mol. The number of ketones is 1. The van der Waals surface area contributed by atoms with Gasteiger partial charge in [-0.15, -0.1) is 0 Å². The summed E-state index contributed by atoms with van der Waals surface area (Å²) in [5.74, 6) is -1.30. The van der Waals surface area contributed by atoms with E-state index in [2.05, 4.69) is 15.9 Å². The van der Waals surface area contributed by atoms with E-state index in [4.69, 9.17) is 0 Å². The number of halogens is 1. The van der Waals surface area contributed by atoms with Crippen molar-refractivity contribution in [3.05, 3.63) is 75.3 Å². The van der Waals surface area contributed by atoms with Crippen LogP contribution < -0.4 is 0 Å². The Labute approximate surface area is 167 Å². The van der Waals surface area contributed by atoms with Crippen molar-refractivity contribution in [3.8, 4) is 0 Å². The van der Waals surface area contributed by atoms with Crippen molar-refractivity contribution in [1.29, 1.82) is 0 Å². The van der Waals surface area contributed by atoms with E-state index < -0.39 is 17.7 Å². The van der Waals surface area contributed by atoms with Gasteiger partial charge in [-0.3, -0.25) is 9.59 Å². The van der Waals surface area contributed by atoms with E-state index in [9.17, 15) is 14.7 Å². The molecular weight excluding hydrogens is 406 g/mol. The Morgan fingerprint density at radius 3 is 2.30 bits per heavy atom. The summed E-state index contributed by atoms with van der Waals surface area (Å²) in [6, 6.07) is 14.2. The van der Waals surface area contributed by atoms with Crippen LogP contribution in [0.2, 0.25) is 0 Å². The summed E-state index contributed by atoms with van der Waals surface area (Å²) in [5.41, 5.74) is 2.56. The van der Waals surface area contributed by atoms with E-state index in [0.29, 0.717) is 12.1 Å². The quantitative estimate of drug-likeness (QED) is 0.415. The van der Waals surface area contributed by atoms with Crippen LogP contribution in [0.5, 0.6) is 0 Å². The summed E-state index contributed by atoms with van der Waals surface area (Å²) in [6.45, 7) is 4.47. The number of carbonyl (C=O) groups is 2. The summed E-state index contributed by atoms with van der Waals surface area (Å²) >= 11 is 3.41. The summed E-state index contributed by atoms with van der Waals surface area (Å²) in [6.07, 6.45) is 1.71. The minimum atomic E-state index is -0.628. The fourth-order valence-electron chi connectivity index (χ4n) is 3.30. The predicted octanol–water partition coefficient (Wildman–Crippen LogP) is 4.98. The van der Waals surface area contributed by atoms with Crippen LogP contribution in [-0.4, -0.2) is 28.2 Å². The number of unbranched alkanes of at least 4 members (excludes halogenated alkanes) is 1. The number of Topliss-reactive ketones (excluding diaryl/α,β-unsaturated/α-hetero) is 1. The smallest absolute Gasteiger partial charge is 0.295 e. The molecule has 2 aromatic carbocycles. The summed E-state index contributed by atoms with van der Waals surface area (Å²) < 4.78 is 0.912. The van der Waals surface area contributed by atoms with Gasteiger partial charge in [-0.25, -0.2) is 0 Å². The van der Waals surface area contributed by atoms with Gasteiger partial charge in [0.15, 0.2) is 0 Å². The average Bonchev–Trinajstić information content (AvgIpc) is 2.91. The number of likely N-dealkylation sites (tertiary alicyclic amines) is 1. The third-order valence-electron chi connectivity index (χ3n) is 4.80. The molecule has 1 saturated heterocycles. The van der Waals surface area contributed by atoms with Crippen LogP contribution in [0.15, 0.2) is 58.6 Å². The first-order chi connectivity index (χ1) is 12.9. The van der Waals surface area contributed by atoms with Crippen molar-refractivity contribution in [2.75, 3.05) is 6.54 Å². The number of rotatable bonds is 5. The van der Waals surface area contributed by atoms with Gasteiger partial charge in [-0.1, -0.05) is 71.2 Å². The van der Waals surface area contributed by atoms with Gasteiger partial charge in [-0.2, -0.15) is 0 Å². The topological polar surface area (TPSA) is 57.6 Å². The molecule has 3 rings (SSSR count). The normalized spacial score (nSPS) is 18.9. The Morgan fingerprint density at radius 1 is 1.07 bits per heavy atom. The molecule has 0 unspecified atom stereocenters. The van der Waals surface area contributed by atoms with Crippen molar-refractivity contribution in [2.24, 2.45) is 0 Å². The second kappa shape index (κ2) is 8.09. The largest absolute Gasteiger partial charge is 0.507 e. The number of benzene rings is 2. The fourth-order valence-corrected chi connectivity index (χ4v) is 3.56. The second-order valence-corrected chi connectivity index (χ2v) is 7.68. The Kier molecular flexibility index (Phi) is 5.80. The van der Waals surface area contributed by atoms with Crippen LogP contribution >= 0.6 is 15.9 Å². The van der Waals surface area contributed by atoms with E-state index >= 15 is 0 Å². The molecule has 1 aliphatic rings. The highest BCUT2D eigenvalue weighted by molar-refractivity contribution is 9.10. The number of carbonyl (C=O) groups excluding carboxylic acids is 2. The van der Waals surface area contributed by atoms with Gasteiger partial charge < -0.3 is 10.0 Å². The SMILES string of the molecule is CCCCN1C(=O)C(=O)C(=C(O)c2ccc(C)cc2)[C@@H]1c1ccc(Br)cc1. The molecule has 1 heterocycles. The lowest BCUT2D eigenvalue weighted by molar-refractivity contribution is -0.139. The highest BCUT2D eigenvalue weighted by Crippen LogP contribution is 2.39. The Bertz CT molecular complexity index is 885. The Morgan fingerprint density at radius 2 is 1.70 bits per heavy atom. The number of hydrogen-bond acceptors (Lipinski definition) is 3. The van der Waals surface area contributed by atoms with Crippen LogP contribution in [-0.2, 0) is 9.59 Å². The molecule has 0 aliphatic carbocycles. The standard InChI is InChI=1S/C22H22BrNO3/c1-3-4-13-24-19(15-9-11-17(23)12-10-15)18(21(26)22(24)27)20(25)16-7-5-14(2)6-8-16/h5-12,19,25H,3-4,13H2,1-2H3/t19-/m0/s1. The van der Waals surface area contributed by atoms with Crippen molar-refractivity contribution in [2.45, 2.75) is 32.7 Å². The Balaban J connectivity index is 2.14. The molecule has 1 N–H and O–H groups in total. The first-order valence-corrected chi connectivity index (χ1v) is 9.84. The lowest BCUT2D eigenvalue weighted by Gasteiger charge is -2.25. The van der Waals surface area contributed by atoms with Crippen LogP contribution in [0.25, 0.3) is 5.76 Å². The maximum Gasteiger partial charge on any atom is 0.295 e. The molecule has 2 aromatic rings. The van der Waals surface area contributed by atoms with Crippen molar-refractivity contribution in [3.63, 3.8) is 0 Å². The zero-order chi connectivity index (χ0) is 19.6. The summed E-state index contributed by atoms with van der Waals surface area (Å²) in [4.78, 5) is 27.1. The van der Waals surface area contributed by atoms with Crippen LogP contribution in [0.1, 0.15) is 42.5 Å². The van der Waals surface area contributed by atoms with Crippen LogP contribution in [0.3, 0.4) is 0 Å². The molecule has 1 fully saturated rings. The van der Waals surface area contributed by atoms with Gasteiger partial charge in [0.05, 0.1) is 11.6 Å². The summed E-state index contributed by atoms with van der Waals surface area (Å²) in [7, 11) is 0. The number of aliphatic hydroxyl groups excluding tert-OH is 1. The molecule has 0 spiro atoms. The lowest BCUT2D eigenvalue weighted by Crippen LogP contribution is -2.30. The molecule has 140 valence electrons. The van der Waals surface area contributed by atoms with Crippen LogP contribution in [0.4, 0.5) is 0 Å².